The minimum absolute atomic E-state index is 0.260. The lowest BCUT2D eigenvalue weighted by atomic mass is 9.70. The lowest BCUT2D eigenvalue weighted by molar-refractivity contribution is 0.769. The Morgan fingerprint density at radius 3 is 2.38 bits per heavy atom. The standard InChI is InChI=1S/C24H22/c1-6-10-19-18(5)24(21-13-8-7-12-20(19)21)17(4)16(3)23-15(2)11-9-14-22(23)24/h6-14H,3-4H2,1-2,5H3/b10-6-. The Hall–Kier alpha value is -2.60. The first-order chi connectivity index (χ1) is 11.5. The molecule has 24 heavy (non-hydrogen) atoms. The van der Waals surface area contributed by atoms with Gasteiger partial charge in [0.1, 0.15) is 0 Å². The van der Waals surface area contributed by atoms with Gasteiger partial charge in [0.25, 0.3) is 0 Å². The predicted molar refractivity (Wildman–Crippen MR) is 104 cm³/mol. The van der Waals surface area contributed by atoms with E-state index >= 15 is 0 Å². The third-order valence-electron chi connectivity index (χ3n) is 5.72. The minimum Gasteiger partial charge on any atom is -0.0936 e. The van der Waals surface area contributed by atoms with Crippen LogP contribution >= 0.6 is 0 Å². The van der Waals surface area contributed by atoms with E-state index in [1.54, 1.807) is 0 Å². The van der Waals surface area contributed by atoms with Crippen LogP contribution in [0.5, 0.6) is 0 Å². The molecule has 2 aromatic rings. The van der Waals surface area contributed by atoms with Crippen LogP contribution in [0, 0.1) is 6.92 Å². The summed E-state index contributed by atoms with van der Waals surface area (Å²) in [5.74, 6) is 0. The summed E-state index contributed by atoms with van der Waals surface area (Å²) in [6.07, 6.45) is 4.35. The zero-order valence-corrected chi connectivity index (χ0v) is 14.6. The lowest BCUT2D eigenvalue weighted by Gasteiger charge is -2.31. The van der Waals surface area contributed by atoms with Crippen LogP contribution in [0.2, 0.25) is 0 Å². The number of hydrogen-bond acceptors (Lipinski definition) is 0. The molecule has 0 saturated heterocycles. The van der Waals surface area contributed by atoms with Crippen molar-refractivity contribution in [3.63, 3.8) is 0 Å². The molecule has 1 atom stereocenters. The number of allylic oxidation sites excluding steroid dienone is 6. The number of aryl methyl sites for hydroxylation is 1. The Bertz CT molecular complexity index is 965. The van der Waals surface area contributed by atoms with E-state index < -0.39 is 0 Å². The first kappa shape index (κ1) is 15.0. The maximum atomic E-state index is 4.51. The largest absolute Gasteiger partial charge is 0.0936 e. The Labute approximate surface area is 144 Å². The molecule has 1 spiro atoms. The van der Waals surface area contributed by atoms with E-state index in [1.165, 1.54) is 39.0 Å². The van der Waals surface area contributed by atoms with Crippen LogP contribution in [-0.4, -0.2) is 0 Å². The maximum absolute atomic E-state index is 4.51. The molecular formula is C24H22. The van der Waals surface area contributed by atoms with Gasteiger partial charge in [-0.3, -0.25) is 0 Å². The van der Waals surface area contributed by atoms with E-state index in [2.05, 4.69) is 88.5 Å². The van der Waals surface area contributed by atoms with Gasteiger partial charge in [-0.05, 0) is 70.9 Å². The molecular weight excluding hydrogens is 288 g/mol. The molecule has 4 rings (SSSR count). The van der Waals surface area contributed by atoms with Crippen molar-refractivity contribution in [1.82, 2.24) is 0 Å². The summed E-state index contributed by atoms with van der Waals surface area (Å²) in [5, 5.41) is 0. The minimum atomic E-state index is -0.260. The summed E-state index contributed by atoms with van der Waals surface area (Å²) in [6.45, 7) is 15.4. The van der Waals surface area contributed by atoms with Gasteiger partial charge in [0.15, 0.2) is 0 Å². The van der Waals surface area contributed by atoms with Gasteiger partial charge in [0.2, 0.25) is 0 Å². The van der Waals surface area contributed by atoms with Crippen molar-refractivity contribution in [2.24, 2.45) is 0 Å². The fraction of sp³-hybridized carbons (Fsp3) is 0.167. The molecule has 0 aliphatic heterocycles. The van der Waals surface area contributed by atoms with Gasteiger partial charge < -0.3 is 0 Å². The van der Waals surface area contributed by atoms with E-state index in [4.69, 9.17) is 0 Å². The highest BCUT2D eigenvalue weighted by Gasteiger charge is 2.51. The van der Waals surface area contributed by atoms with Gasteiger partial charge in [0.05, 0.1) is 5.41 Å². The highest BCUT2D eigenvalue weighted by Crippen LogP contribution is 2.62. The Morgan fingerprint density at radius 1 is 0.917 bits per heavy atom. The fourth-order valence-corrected chi connectivity index (χ4v) is 4.69. The lowest BCUT2D eigenvalue weighted by Crippen LogP contribution is -2.25. The normalized spacial score (nSPS) is 22.0. The smallest absolute Gasteiger partial charge is 0.0679 e. The van der Waals surface area contributed by atoms with Crippen LogP contribution in [0.1, 0.15) is 41.7 Å². The van der Waals surface area contributed by atoms with Crippen LogP contribution in [0.4, 0.5) is 0 Å². The monoisotopic (exact) mass is 310 g/mol. The number of hydrogen-bond donors (Lipinski definition) is 0. The highest BCUT2D eigenvalue weighted by molar-refractivity contribution is 6.00. The number of fused-ring (bicyclic) bond motifs is 4. The summed E-state index contributed by atoms with van der Waals surface area (Å²) in [5.41, 5.74) is 11.2. The van der Waals surface area contributed by atoms with Gasteiger partial charge in [-0.2, -0.15) is 0 Å². The molecule has 2 aromatic carbocycles. The van der Waals surface area contributed by atoms with Crippen LogP contribution in [0.3, 0.4) is 0 Å². The van der Waals surface area contributed by atoms with E-state index in [-0.39, 0.29) is 5.41 Å². The molecule has 2 aliphatic carbocycles. The van der Waals surface area contributed by atoms with Gasteiger partial charge >= 0.3 is 0 Å². The van der Waals surface area contributed by atoms with Crippen LogP contribution in [0.25, 0.3) is 11.1 Å². The topological polar surface area (TPSA) is 0 Å². The molecule has 0 saturated carbocycles. The molecule has 2 aliphatic rings. The van der Waals surface area contributed by atoms with Crippen molar-refractivity contribution in [2.45, 2.75) is 26.2 Å². The summed E-state index contributed by atoms with van der Waals surface area (Å²) >= 11 is 0. The molecule has 0 fully saturated rings. The molecule has 0 bridgehead atoms. The second-order valence-corrected chi connectivity index (χ2v) is 6.79. The molecule has 0 amide bonds. The van der Waals surface area contributed by atoms with Crippen molar-refractivity contribution < 1.29 is 0 Å². The SMILES string of the molecule is C=C1C(=C)C2(C(C)=C(/C=C\C)c3ccccc32)c2cccc(C)c21. The van der Waals surface area contributed by atoms with E-state index in [0.29, 0.717) is 0 Å². The van der Waals surface area contributed by atoms with Crippen LogP contribution in [0.15, 0.2) is 78.9 Å². The van der Waals surface area contributed by atoms with E-state index in [1.807, 2.05) is 0 Å². The number of rotatable bonds is 1. The number of benzene rings is 2. The Kier molecular flexibility index (Phi) is 3.08. The van der Waals surface area contributed by atoms with Crippen LogP contribution < -0.4 is 0 Å². The molecule has 1 unspecified atom stereocenters. The van der Waals surface area contributed by atoms with Crippen LogP contribution in [-0.2, 0) is 5.41 Å². The van der Waals surface area contributed by atoms with Crippen molar-refractivity contribution in [3.8, 4) is 0 Å². The van der Waals surface area contributed by atoms with Gasteiger partial charge in [0, 0.05) is 0 Å². The van der Waals surface area contributed by atoms with Gasteiger partial charge in [-0.1, -0.05) is 67.8 Å². The molecule has 0 heteroatoms. The first-order valence-corrected chi connectivity index (χ1v) is 8.48. The third-order valence-corrected chi connectivity index (χ3v) is 5.72. The summed E-state index contributed by atoms with van der Waals surface area (Å²) in [6, 6.07) is 15.3. The predicted octanol–water partition coefficient (Wildman–Crippen LogP) is 6.23. The third kappa shape index (κ3) is 1.54. The summed E-state index contributed by atoms with van der Waals surface area (Å²) in [7, 11) is 0. The molecule has 118 valence electrons. The second kappa shape index (κ2) is 4.95. The van der Waals surface area contributed by atoms with E-state index in [0.717, 1.165) is 11.1 Å². The Balaban J connectivity index is 2.19. The van der Waals surface area contributed by atoms with Crippen molar-refractivity contribution >= 4 is 11.1 Å². The molecule has 0 radical (unpaired) electrons. The van der Waals surface area contributed by atoms with Crippen molar-refractivity contribution in [2.75, 3.05) is 0 Å². The molecule has 0 nitrogen and oxygen atoms in total. The van der Waals surface area contributed by atoms with Gasteiger partial charge in [-0.25, -0.2) is 0 Å². The average Bonchev–Trinajstić information content (AvgIpc) is 2.97. The zero-order valence-electron chi connectivity index (χ0n) is 14.6. The van der Waals surface area contributed by atoms with E-state index in [9.17, 15) is 0 Å². The quantitative estimate of drug-likeness (QED) is 0.586. The summed E-state index contributed by atoms with van der Waals surface area (Å²) in [4.78, 5) is 0. The van der Waals surface area contributed by atoms with Gasteiger partial charge in [-0.15, -0.1) is 0 Å². The highest BCUT2D eigenvalue weighted by atomic mass is 14.5. The van der Waals surface area contributed by atoms with Crippen molar-refractivity contribution in [1.29, 1.82) is 0 Å². The first-order valence-electron chi connectivity index (χ1n) is 8.48. The average molecular weight is 310 g/mol. The van der Waals surface area contributed by atoms with Crippen molar-refractivity contribution in [3.05, 3.63) is 107 Å². The molecule has 0 N–H and O–H groups in total. The second-order valence-electron chi connectivity index (χ2n) is 6.79. The summed E-state index contributed by atoms with van der Waals surface area (Å²) < 4.78 is 0. The zero-order chi connectivity index (χ0) is 17.1. The molecule has 0 heterocycles. The Morgan fingerprint density at radius 2 is 1.62 bits per heavy atom. The molecule has 0 aromatic heterocycles. The maximum Gasteiger partial charge on any atom is 0.0679 e. The fourth-order valence-electron chi connectivity index (χ4n) is 4.69.